The van der Waals surface area contributed by atoms with Gasteiger partial charge in [-0.2, -0.15) is 14.0 Å². The highest BCUT2D eigenvalue weighted by molar-refractivity contribution is 7.92. The SMILES string of the molecule is CCn1c(-c2ccc(NS(C)(=O)=O)cc2)c(C#N)c2ccc(OC(F)F)cc21. The number of nitriles is 1. The number of benzene rings is 2. The topological polar surface area (TPSA) is 84.1 Å². The number of ether oxygens (including phenoxy) is 1. The van der Waals surface area contributed by atoms with Crippen LogP contribution in [0.4, 0.5) is 14.5 Å². The normalized spacial score (nSPS) is 11.6. The van der Waals surface area contributed by atoms with E-state index in [2.05, 4.69) is 15.5 Å². The number of aromatic nitrogens is 1. The summed E-state index contributed by atoms with van der Waals surface area (Å²) in [4.78, 5) is 0. The zero-order valence-electron chi connectivity index (χ0n) is 15.1. The molecule has 0 aliphatic carbocycles. The minimum atomic E-state index is -3.40. The Balaban J connectivity index is 2.16. The Morgan fingerprint density at radius 3 is 2.43 bits per heavy atom. The molecule has 1 heterocycles. The fraction of sp³-hybridized carbons (Fsp3) is 0.211. The lowest BCUT2D eigenvalue weighted by molar-refractivity contribution is -0.0497. The molecule has 0 saturated heterocycles. The van der Waals surface area contributed by atoms with Crippen molar-refractivity contribution >= 4 is 26.6 Å². The van der Waals surface area contributed by atoms with Crippen LogP contribution in [0.15, 0.2) is 42.5 Å². The fourth-order valence-electron chi connectivity index (χ4n) is 3.16. The molecule has 0 bridgehead atoms. The molecule has 1 N–H and O–H groups in total. The minimum Gasteiger partial charge on any atom is -0.435 e. The van der Waals surface area contributed by atoms with E-state index >= 15 is 0 Å². The largest absolute Gasteiger partial charge is 0.435 e. The third-order valence-electron chi connectivity index (χ3n) is 4.15. The Morgan fingerprint density at radius 1 is 1.21 bits per heavy atom. The predicted molar refractivity (Wildman–Crippen MR) is 103 cm³/mol. The average molecular weight is 405 g/mol. The van der Waals surface area contributed by atoms with Crippen LogP contribution < -0.4 is 9.46 Å². The molecule has 0 unspecified atom stereocenters. The zero-order chi connectivity index (χ0) is 20.5. The Morgan fingerprint density at radius 2 is 1.89 bits per heavy atom. The molecule has 28 heavy (non-hydrogen) atoms. The molecular weight excluding hydrogens is 388 g/mol. The van der Waals surface area contributed by atoms with Gasteiger partial charge in [0, 0.05) is 23.7 Å². The highest BCUT2D eigenvalue weighted by Crippen LogP contribution is 2.36. The number of anilines is 1. The first-order valence-corrected chi connectivity index (χ1v) is 10.2. The molecule has 0 saturated carbocycles. The molecule has 0 aliphatic rings. The Kier molecular flexibility index (Phi) is 5.25. The van der Waals surface area contributed by atoms with Crippen LogP contribution in [0, 0.1) is 11.3 Å². The molecule has 9 heteroatoms. The third kappa shape index (κ3) is 3.92. The van der Waals surface area contributed by atoms with E-state index in [9.17, 15) is 22.5 Å². The molecule has 0 radical (unpaired) electrons. The monoisotopic (exact) mass is 405 g/mol. The van der Waals surface area contributed by atoms with Crippen LogP contribution in [0.25, 0.3) is 22.2 Å². The highest BCUT2D eigenvalue weighted by Gasteiger charge is 2.19. The number of alkyl halides is 2. The maximum absolute atomic E-state index is 12.5. The van der Waals surface area contributed by atoms with Crippen LogP contribution in [-0.4, -0.2) is 25.9 Å². The average Bonchev–Trinajstić information content (AvgIpc) is 2.93. The fourth-order valence-corrected chi connectivity index (χ4v) is 3.72. The molecule has 146 valence electrons. The number of nitrogens with zero attached hydrogens (tertiary/aromatic N) is 2. The van der Waals surface area contributed by atoms with E-state index in [0.717, 1.165) is 6.26 Å². The van der Waals surface area contributed by atoms with Gasteiger partial charge in [0.05, 0.1) is 23.0 Å². The Bertz CT molecular complexity index is 1160. The van der Waals surface area contributed by atoms with E-state index in [1.54, 1.807) is 30.3 Å². The van der Waals surface area contributed by atoms with Crippen molar-refractivity contribution in [2.45, 2.75) is 20.1 Å². The quantitative estimate of drug-likeness (QED) is 0.667. The van der Waals surface area contributed by atoms with Crippen LogP contribution in [0.5, 0.6) is 5.75 Å². The number of halogens is 2. The van der Waals surface area contributed by atoms with Crippen molar-refractivity contribution in [1.29, 1.82) is 5.26 Å². The van der Waals surface area contributed by atoms with Gasteiger partial charge >= 0.3 is 6.61 Å². The number of fused-ring (bicyclic) bond motifs is 1. The van der Waals surface area contributed by atoms with Gasteiger partial charge in [-0.3, -0.25) is 4.72 Å². The molecule has 6 nitrogen and oxygen atoms in total. The van der Waals surface area contributed by atoms with E-state index in [-0.39, 0.29) is 5.75 Å². The predicted octanol–water partition coefficient (Wildman–Crippen LogP) is 4.17. The number of hydrogen-bond donors (Lipinski definition) is 1. The van der Waals surface area contributed by atoms with Crippen molar-refractivity contribution in [3.8, 4) is 23.1 Å². The van der Waals surface area contributed by atoms with Crippen molar-refractivity contribution in [2.24, 2.45) is 0 Å². The van der Waals surface area contributed by atoms with Crippen LogP contribution >= 0.6 is 0 Å². The highest BCUT2D eigenvalue weighted by atomic mass is 32.2. The maximum Gasteiger partial charge on any atom is 0.387 e. The molecule has 0 spiro atoms. The van der Waals surface area contributed by atoms with Crippen molar-refractivity contribution in [3.05, 3.63) is 48.0 Å². The van der Waals surface area contributed by atoms with Crippen LogP contribution in [0.1, 0.15) is 12.5 Å². The first kappa shape index (κ1) is 19.6. The van der Waals surface area contributed by atoms with E-state index in [0.29, 0.717) is 40.0 Å². The van der Waals surface area contributed by atoms with Crippen molar-refractivity contribution in [1.82, 2.24) is 4.57 Å². The molecule has 1 aromatic heterocycles. The summed E-state index contributed by atoms with van der Waals surface area (Å²) in [5.41, 5.74) is 2.73. The summed E-state index contributed by atoms with van der Waals surface area (Å²) in [6, 6.07) is 13.2. The molecule has 0 fully saturated rings. The van der Waals surface area contributed by atoms with E-state index < -0.39 is 16.6 Å². The Hall–Kier alpha value is -3.12. The van der Waals surface area contributed by atoms with Gasteiger partial charge in [-0.1, -0.05) is 12.1 Å². The summed E-state index contributed by atoms with van der Waals surface area (Å²) < 4.78 is 56.5. The first-order chi connectivity index (χ1) is 13.2. The lowest BCUT2D eigenvalue weighted by atomic mass is 10.1. The van der Waals surface area contributed by atoms with Gasteiger partial charge in [0.1, 0.15) is 11.8 Å². The van der Waals surface area contributed by atoms with Crippen molar-refractivity contribution in [3.63, 3.8) is 0 Å². The summed E-state index contributed by atoms with van der Waals surface area (Å²) in [5, 5.41) is 10.3. The summed E-state index contributed by atoms with van der Waals surface area (Å²) in [6.45, 7) is -0.563. The Labute approximate surface area is 161 Å². The smallest absolute Gasteiger partial charge is 0.387 e. The number of nitrogens with one attached hydrogen (secondary N) is 1. The van der Waals surface area contributed by atoms with E-state index in [1.165, 1.54) is 12.1 Å². The lowest BCUT2D eigenvalue weighted by Gasteiger charge is -2.10. The summed E-state index contributed by atoms with van der Waals surface area (Å²) in [5.74, 6) is 0.0124. The molecule has 0 amide bonds. The van der Waals surface area contributed by atoms with Crippen LogP contribution in [0.2, 0.25) is 0 Å². The zero-order valence-corrected chi connectivity index (χ0v) is 15.9. The van der Waals surface area contributed by atoms with Gasteiger partial charge in [-0.15, -0.1) is 0 Å². The second-order valence-corrected chi connectivity index (χ2v) is 7.84. The van der Waals surface area contributed by atoms with Crippen LogP contribution in [-0.2, 0) is 16.6 Å². The molecule has 2 aromatic carbocycles. The standard InChI is InChI=1S/C19H17F2N3O3S/c1-3-24-17-10-14(27-19(20)21)8-9-15(17)16(11-22)18(24)12-4-6-13(7-5-12)23-28(2,25)26/h4-10,19,23H,3H2,1-2H3. The molecular formula is C19H17F2N3O3S. The third-order valence-corrected chi connectivity index (χ3v) is 4.76. The van der Waals surface area contributed by atoms with E-state index in [4.69, 9.17) is 0 Å². The van der Waals surface area contributed by atoms with Crippen molar-refractivity contribution in [2.75, 3.05) is 11.0 Å². The summed E-state index contributed by atoms with van der Waals surface area (Å²) in [6.07, 6.45) is 1.06. The molecule has 0 atom stereocenters. The number of rotatable bonds is 6. The second kappa shape index (κ2) is 7.48. The first-order valence-electron chi connectivity index (χ1n) is 8.33. The molecule has 0 aliphatic heterocycles. The summed E-state index contributed by atoms with van der Waals surface area (Å²) in [7, 11) is -3.40. The van der Waals surface area contributed by atoms with Gasteiger partial charge < -0.3 is 9.30 Å². The van der Waals surface area contributed by atoms with Gasteiger partial charge in [0.25, 0.3) is 0 Å². The van der Waals surface area contributed by atoms with Gasteiger partial charge in [-0.05, 0) is 36.8 Å². The van der Waals surface area contributed by atoms with Gasteiger partial charge in [-0.25, -0.2) is 8.42 Å². The molecule has 3 aromatic rings. The lowest BCUT2D eigenvalue weighted by Crippen LogP contribution is -2.09. The summed E-state index contributed by atoms with van der Waals surface area (Å²) >= 11 is 0. The van der Waals surface area contributed by atoms with Crippen LogP contribution in [0.3, 0.4) is 0 Å². The van der Waals surface area contributed by atoms with Gasteiger partial charge in [0.2, 0.25) is 10.0 Å². The molecule has 3 rings (SSSR count). The van der Waals surface area contributed by atoms with E-state index in [1.807, 2.05) is 11.5 Å². The number of aryl methyl sites for hydroxylation is 1. The number of sulfonamides is 1. The number of hydrogen-bond acceptors (Lipinski definition) is 4. The minimum absolute atomic E-state index is 0.0124. The van der Waals surface area contributed by atoms with Crippen molar-refractivity contribution < 1.29 is 21.9 Å². The maximum atomic E-state index is 12.5. The van der Waals surface area contributed by atoms with Gasteiger partial charge in [0.15, 0.2) is 0 Å². The second-order valence-electron chi connectivity index (χ2n) is 6.09.